The van der Waals surface area contributed by atoms with Crippen LogP contribution in [0.15, 0.2) is 76.6 Å². The minimum absolute atomic E-state index is 1.18. The molecule has 0 radical (unpaired) electrons. The first-order valence-electron chi connectivity index (χ1n) is 10.2. The molecule has 0 unspecified atom stereocenters. The van der Waals surface area contributed by atoms with Gasteiger partial charge in [-0.2, -0.15) is 0 Å². The van der Waals surface area contributed by atoms with Gasteiger partial charge in [0.25, 0.3) is 0 Å². The SMILES string of the molecule is Brc1ccc2c(c1)-c1ccc3c(c1CC2)CCC=C3.C1=CC2=CC=C(CC2)N1. The van der Waals surface area contributed by atoms with Crippen LogP contribution in [-0.4, -0.2) is 0 Å². The van der Waals surface area contributed by atoms with E-state index in [0.717, 1.165) is 0 Å². The van der Waals surface area contributed by atoms with E-state index in [1.807, 2.05) is 6.20 Å². The quantitative estimate of drug-likeness (QED) is 0.480. The van der Waals surface area contributed by atoms with Crippen LogP contribution in [0.1, 0.15) is 41.5 Å². The van der Waals surface area contributed by atoms with Crippen LogP contribution in [0.4, 0.5) is 0 Å². The second-order valence-corrected chi connectivity index (χ2v) is 8.73. The summed E-state index contributed by atoms with van der Waals surface area (Å²) in [4.78, 5) is 0. The van der Waals surface area contributed by atoms with Crippen molar-refractivity contribution in [2.45, 2.75) is 38.5 Å². The van der Waals surface area contributed by atoms with Gasteiger partial charge in [-0.25, -0.2) is 0 Å². The summed E-state index contributed by atoms with van der Waals surface area (Å²) in [5, 5.41) is 3.20. The van der Waals surface area contributed by atoms with Gasteiger partial charge in [0.1, 0.15) is 0 Å². The van der Waals surface area contributed by atoms with Crippen LogP contribution in [0.3, 0.4) is 0 Å². The number of allylic oxidation sites excluding steroid dienone is 6. The average molecular weight is 430 g/mol. The van der Waals surface area contributed by atoms with E-state index in [4.69, 9.17) is 0 Å². The van der Waals surface area contributed by atoms with Crippen molar-refractivity contribution in [3.63, 3.8) is 0 Å². The zero-order valence-electron chi connectivity index (χ0n) is 16.0. The van der Waals surface area contributed by atoms with Gasteiger partial charge in [-0.05, 0) is 102 Å². The Hall–Kier alpha value is -2.32. The summed E-state index contributed by atoms with van der Waals surface area (Å²) in [5.74, 6) is 0. The first-order chi connectivity index (χ1) is 13.8. The lowest BCUT2D eigenvalue weighted by atomic mass is 9.80. The number of fused-ring (bicyclic) bond motifs is 8. The number of hydrogen-bond donors (Lipinski definition) is 1. The van der Waals surface area contributed by atoms with E-state index in [-0.39, 0.29) is 0 Å². The van der Waals surface area contributed by atoms with E-state index in [9.17, 15) is 0 Å². The predicted octanol–water partition coefficient (Wildman–Crippen LogP) is 6.88. The van der Waals surface area contributed by atoms with E-state index in [0.29, 0.717) is 0 Å². The highest BCUT2D eigenvalue weighted by Crippen LogP contribution is 2.39. The minimum Gasteiger partial charge on any atom is -0.365 e. The Kier molecular flexibility index (Phi) is 4.82. The smallest absolute Gasteiger partial charge is 0.0181 e. The van der Waals surface area contributed by atoms with E-state index < -0.39 is 0 Å². The van der Waals surface area contributed by atoms with Gasteiger partial charge in [-0.3, -0.25) is 0 Å². The molecule has 1 N–H and O–H groups in total. The summed E-state index contributed by atoms with van der Waals surface area (Å²) >= 11 is 3.61. The van der Waals surface area contributed by atoms with Crippen molar-refractivity contribution in [1.29, 1.82) is 0 Å². The molecule has 0 fully saturated rings. The topological polar surface area (TPSA) is 12.0 Å². The van der Waals surface area contributed by atoms with Crippen LogP contribution in [-0.2, 0) is 19.3 Å². The molecule has 7 rings (SSSR count). The Morgan fingerprint density at radius 3 is 2.64 bits per heavy atom. The number of hydrogen-bond acceptors (Lipinski definition) is 1. The standard InChI is InChI=1S/C18H15Br.C8H9N/c19-14-8-5-13-7-9-16-15-4-2-1-3-12(15)6-10-17(16)18(13)11-14;1-3-8-4-2-7(1)5-6-9-8/h1,3,5-6,8,10-11H,2,4,7,9H2;1,3,5-6,9H,2,4H2. The largest absolute Gasteiger partial charge is 0.365 e. The summed E-state index contributed by atoms with van der Waals surface area (Å²) in [6, 6.07) is 11.3. The molecule has 0 saturated carbocycles. The number of aryl methyl sites for hydroxylation is 1. The van der Waals surface area contributed by atoms with Gasteiger partial charge in [0, 0.05) is 16.4 Å². The molecular formula is C26H24BrN. The molecule has 2 heteroatoms. The summed E-state index contributed by atoms with van der Waals surface area (Å²) in [6.07, 6.45) is 20.2. The van der Waals surface area contributed by atoms with Crippen LogP contribution in [0.25, 0.3) is 17.2 Å². The number of nitrogens with one attached hydrogen (secondary N) is 1. The molecule has 28 heavy (non-hydrogen) atoms. The van der Waals surface area contributed by atoms with Gasteiger partial charge in [-0.1, -0.05) is 52.4 Å². The van der Waals surface area contributed by atoms with Gasteiger partial charge in [-0.15, -0.1) is 0 Å². The van der Waals surface area contributed by atoms with Crippen LogP contribution in [0, 0.1) is 0 Å². The van der Waals surface area contributed by atoms with Crippen LogP contribution in [0.2, 0.25) is 0 Å². The molecule has 0 saturated heterocycles. The molecular weight excluding hydrogens is 406 g/mol. The van der Waals surface area contributed by atoms with Crippen molar-refractivity contribution >= 4 is 22.0 Å². The average Bonchev–Trinajstić information content (AvgIpc) is 3.12. The molecule has 0 spiro atoms. The number of halogens is 1. The van der Waals surface area contributed by atoms with Gasteiger partial charge >= 0.3 is 0 Å². The molecule has 0 amide bonds. The molecule has 2 heterocycles. The third-order valence-electron chi connectivity index (χ3n) is 6.08. The van der Waals surface area contributed by atoms with Crippen molar-refractivity contribution < 1.29 is 0 Å². The fourth-order valence-corrected chi connectivity index (χ4v) is 4.94. The van der Waals surface area contributed by atoms with Crippen molar-refractivity contribution in [2.75, 3.05) is 0 Å². The third kappa shape index (κ3) is 3.42. The molecule has 140 valence electrons. The minimum atomic E-state index is 1.18. The van der Waals surface area contributed by atoms with Gasteiger partial charge in [0.2, 0.25) is 0 Å². The van der Waals surface area contributed by atoms with Crippen LogP contribution < -0.4 is 5.32 Å². The maximum Gasteiger partial charge on any atom is 0.0181 e. The summed E-state index contributed by atoms with van der Waals surface area (Å²) in [7, 11) is 0. The lowest BCUT2D eigenvalue weighted by molar-refractivity contribution is 0.874. The fourth-order valence-electron chi connectivity index (χ4n) is 4.58. The highest BCUT2D eigenvalue weighted by atomic mass is 79.9. The normalized spacial score (nSPS) is 17.8. The third-order valence-corrected chi connectivity index (χ3v) is 6.57. The predicted molar refractivity (Wildman–Crippen MR) is 122 cm³/mol. The molecule has 0 aromatic heterocycles. The second-order valence-electron chi connectivity index (χ2n) is 7.81. The van der Waals surface area contributed by atoms with E-state index >= 15 is 0 Å². The monoisotopic (exact) mass is 429 g/mol. The van der Waals surface area contributed by atoms with Gasteiger partial charge in [0.15, 0.2) is 0 Å². The second kappa shape index (κ2) is 7.60. The van der Waals surface area contributed by atoms with Gasteiger partial charge in [0.05, 0.1) is 0 Å². The summed E-state index contributed by atoms with van der Waals surface area (Å²) in [6.45, 7) is 0. The Morgan fingerprint density at radius 1 is 0.786 bits per heavy atom. The molecule has 2 aromatic carbocycles. The molecule has 2 aromatic rings. The fraction of sp³-hybridized carbons (Fsp3) is 0.231. The van der Waals surface area contributed by atoms with Crippen LogP contribution in [0.5, 0.6) is 0 Å². The lowest BCUT2D eigenvalue weighted by Gasteiger charge is -2.25. The van der Waals surface area contributed by atoms with E-state index in [2.05, 4.69) is 82.0 Å². The van der Waals surface area contributed by atoms with Crippen molar-refractivity contribution in [3.05, 3.63) is 98.8 Å². The Balaban J connectivity index is 0.000000158. The Bertz CT molecular complexity index is 1050. The van der Waals surface area contributed by atoms with E-state index in [1.165, 1.54) is 76.5 Å². The van der Waals surface area contributed by atoms with Crippen molar-refractivity contribution in [1.82, 2.24) is 5.32 Å². The van der Waals surface area contributed by atoms with Crippen LogP contribution >= 0.6 is 15.9 Å². The van der Waals surface area contributed by atoms with Crippen molar-refractivity contribution in [3.8, 4) is 11.1 Å². The zero-order chi connectivity index (χ0) is 18.9. The molecule has 5 aliphatic rings. The van der Waals surface area contributed by atoms with Crippen molar-refractivity contribution in [2.24, 2.45) is 0 Å². The zero-order valence-corrected chi connectivity index (χ0v) is 17.6. The first kappa shape index (κ1) is 17.8. The number of rotatable bonds is 0. The van der Waals surface area contributed by atoms with E-state index in [1.54, 1.807) is 11.1 Å². The molecule has 2 aliphatic heterocycles. The summed E-state index contributed by atoms with van der Waals surface area (Å²) < 4.78 is 1.18. The Labute approximate surface area is 175 Å². The first-order valence-corrected chi connectivity index (χ1v) is 11.0. The summed E-state index contributed by atoms with van der Waals surface area (Å²) in [5.41, 5.74) is 11.8. The molecule has 2 bridgehead atoms. The highest BCUT2D eigenvalue weighted by Gasteiger charge is 2.20. The molecule has 0 atom stereocenters. The maximum absolute atomic E-state index is 3.61. The number of benzene rings is 2. The lowest BCUT2D eigenvalue weighted by Crippen LogP contribution is -2.09. The maximum atomic E-state index is 3.61. The highest BCUT2D eigenvalue weighted by molar-refractivity contribution is 9.10. The molecule has 3 aliphatic carbocycles. The Morgan fingerprint density at radius 2 is 1.75 bits per heavy atom. The molecule has 1 nitrogen and oxygen atoms in total. The van der Waals surface area contributed by atoms with Gasteiger partial charge < -0.3 is 5.32 Å².